The number of carbonyl (C=O) groups is 9. The van der Waals surface area contributed by atoms with E-state index in [9.17, 15) is 68.4 Å². The van der Waals surface area contributed by atoms with E-state index in [0.29, 0.717) is 77.9 Å². The molecule has 3 N–H and O–H groups in total. The first-order valence-corrected chi connectivity index (χ1v) is 34.4. The van der Waals surface area contributed by atoms with Crippen LogP contribution in [-0.4, -0.2) is 138 Å². The molecule has 0 spiro atoms. The molecule has 0 aromatic heterocycles. The van der Waals surface area contributed by atoms with Gasteiger partial charge in [-0.2, -0.15) is 0 Å². The van der Waals surface area contributed by atoms with E-state index in [1.54, 1.807) is 109 Å². The molecule has 24 heteroatoms. The van der Waals surface area contributed by atoms with Gasteiger partial charge in [0.2, 0.25) is 17.7 Å². The second-order valence-corrected chi connectivity index (χ2v) is 26.7. The third-order valence-electron chi connectivity index (χ3n) is 14.5. The maximum Gasteiger partial charge on any atom is 0.339 e. The fourth-order valence-electron chi connectivity index (χ4n) is 9.56. The molecule has 92 heavy (non-hydrogen) atoms. The van der Waals surface area contributed by atoms with Crippen LogP contribution in [0.5, 0.6) is 0 Å². The highest BCUT2D eigenvalue weighted by Crippen LogP contribution is 2.37. The molecule has 0 bridgehead atoms. The zero-order valence-electron chi connectivity index (χ0n) is 51.8. The molecule has 482 valence electrons. The summed E-state index contributed by atoms with van der Waals surface area (Å²) in [4.78, 5) is 109. The number of esters is 3. The molecule has 9 rings (SSSR count). The Morgan fingerprint density at radius 3 is 1.10 bits per heavy atom. The first-order valence-electron chi connectivity index (χ1n) is 28.8. The van der Waals surface area contributed by atoms with E-state index < -0.39 is 47.4 Å². The van der Waals surface area contributed by atoms with Gasteiger partial charge in [0.25, 0.3) is 0 Å². The van der Waals surface area contributed by atoms with Crippen molar-refractivity contribution in [2.24, 2.45) is 0 Å². The predicted octanol–water partition coefficient (Wildman–Crippen LogP) is 7.83. The minimum Gasteiger partial charge on any atom is -0.457 e. The van der Waals surface area contributed by atoms with Crippen LogP contribution in [0.3, 0.4) is 0 Å². The molecule has 3 heterocycles. The third-order valence-corrected chi connectivity index (χ3v) is 17.9. The van der Waals surface area contributed by atoms with Gasteiger partial charge in [-0.1, -0.05) is 117 Å². The summed E-state index contributed by atoms with van der Waals surface area (Å²) in [5.74, 6) is -2.82. The van der Waals surface area contributed by atoms with Gasteiger partial charge >= 0.3 is 17.9 Å². The quantitative estimate of drug-likeness (QED) is 0.0351. The van der Waals surface area contributed by atoms with Crippen LogP contribution in [0.15, 0.2) is 160 Å². The van der Waals surface area contributed by atoms with E-state index in [0.717, 1.165) is 18.8 Å². The molecule has 3 amide bonds. The summed E-state index contributed by atoms with van der Waals surface area (Å²) in [6.07, 6.45) is 3.80. The Balaban J connectivity index is 0.000000216. The molecule has 3 aliphatic heterocycles. The number of hydrogen-bond donors (Lipinski definition) is 3. The average molecular weight is 1310 g/mol. The van der Waals surface area contributed by atoms with Crippen molar-refractivity contribution in [2.45, 2.75) is 67.1 Å². The van der Waals surface area contributed by atoms with Crippen LogP contribution in [0.25, 0.3) is 33.4 Å². The normalized spacial score (nSPS) is 13.6. The van der Waals surface area contributed by atoms with Crippen molar-refractivity contribution in [3.05, 3.63) is 196 Å². The van der Waals surface area contributed by atoms with Gasteiger partial charge in [0.1, 0.15) is 19.8 Å². The Bertz CT molecular complexity index is 4300. The molecule has 0 aliphatic carbocycles. The summed E-state index contributed by atoms with van der Waals surface area (Å²) in [5.41, 5.74) is 7.58. The fourth-order valence-corrected chi connectivity index (χ4v) is 11.5. The third kappa shape index (κ3) is 18.4. The number of ketones is 3. The number of cyclic esters (lactones) is 3. The molecular weight excluding hydrogens is 1240 g/mol. The maximum absolute atomic E-state index is 12.7. The van der Waals surface area contributed by atoms with Gasteiger partial charge in [-0.15, -0.1) is 0 Å². The van der Waals surface area contributed by atoms with Gasteiger partial charge < -0.3 is 30.2 Å². The summed E-state index contributed by atoms with van der Waals surface area (Å²) in [5, 5.41) is 7.42. The number of ether oxygens (including phenoxy) is 3. The van der Waals surface area contributed by atoms with Crippen molar-refractivity contribution in [3.8, 4) is 0 Å². The highest BCUT2D eigenvalue weighted by molar-refractivity contribution is 7.91. The minimum atomic E-state index is -3.34. The van der Waals surface area contributed by atoms with Crippen molar-refractivity contribution in [1.29, 1.82) is 0 Å². The SMILES string of the molecule is CC.CNC(=O)CCC(=O)c1ccc(C2=C(c3ccc(S(C)(=O)=O)cc3)COC2=O)cc1.CNC(=O)CCC(=O)c1cccc(C2=C(c3ccc(S(C)(=O)=O)cc3)COC2=O)c1.CNC(=O)CCC(=O)c1ccccc1C1=C(c2ccc(S(C)(=O)=O)cc2)COC1=O. The smallest absolute Gasteiger partial charge is 0.339 e. The number of benzene rings is 6. The highest BCUT2D eigenvalue weighted by Gasteiger charge is 2.32. The van der Waals surface area contributed by atoms with Crippen LogP contribution in [-0.2, 0) is 72.5 Å². The van der Waals surface area contributed by atoms with Crippen molar-refractivity contribution < 1.29 is 82.6 Å². The molecule has 6 aromatic rings. The summed E-state index contributed by atoms with van der Waals surface area (Å²) < 4.78 is 85.7. The number of hydrogen-bond acceptors (Lipinski definition) is 18. The first-order chi connectivity index (χ1) is 43.6. The molecule has 0 saturated heterocycles. The Hall–Kier alpha value is -9.78. The van der Waals surface area contributed by atoms with Crippen molar-refractivity contribution in [1.82, 2.24) is 16.0 Å². The van der Waals surface area contributed by atoms with E-state index in [1.807, 2.05) is 13.8 Å². The van der Waals surface area contributed by atoms with Gasteiger partial charge in [0.15, 0.2) is 46.9 Å². The molecule has 0 atom stereocenters. The second-order valence-electron chi connectivity index (χ2n) is 20.7. The lowest BCUT2D eigenvalue weighted by Crippen LogP contribution is -2.19. The molecule has 0 unspecified atom stereocenters. The van der Waals surface area contributed by atoms with Crippen LogP contribution in [0.4, 0.5) is 0 Å². The van der Waals surface area contributed by atoms with Crippen LogP contribution in [0, 0.1) is 0 Å². The summed E-state index contributed by atoms with van der Waals surface area (Å²) in [6, 6.07) is 38.6. The van der Waals surface area contributed by atoms with Crippen molar-refractivity contribution >= 4 is 116 Å². The van der Waals surface area contributed by atoms with Gasteiger partial charge in [-0.05, 0) is 70.3 Å². The predicted molar refractivity (Wildman–Crippen MR) is 346 cm³/mol. The lowest BCUT2D eigenvalue weighted by atomic mass is 9.91. The van der Waals surface area contributed by atoms with Gasteiger partial charge in [-0.25, -0.2) is 39.6 Å². The van der Waals surface area contributed by atoms with Crippen molar-refractivity contribution in [2.75, 3.05) is 59.7 Å². The second kappa shape index (κ2) is 31.8. The van der Waals surface area contributed by atoms with E-state index in [1.165, 1.54) is 57.5 Å². The number of nitrogens with one attached hydrogen (secondary N) is 3. The van der Waals surface area contributed by atoms with E-state index in [2.05, 4.69) is 16.0 Å². The number of rotatable bonds is 21. The highest BCUT2D eigenvalue weighted by atomic mass is 32.2. The number of sulfone groups is 3. The van der Waals surface area contributed by atoms with Gasteiger partial charge in [0, 0.05) is 117 Å². The number of Topliss-reactive ketones (excluding diaryl/α,β-unsaturated/α-hetero) is 3. The Kier molecular flexibility index (Phi) is 24.6. The zero-order chi connectivity index (χ0) is 67.7. The molecule has 0 saturated carbocycles. The minimum absolute atomic E-state index is 0.0113. The maximum atomic E-state index is 12.7. The Morgan fingerprint density at radius 2 is 0.707 bits per heavy atom. The standard InChI is InChI=1S/3C22H21NO6S.C2H6/c1-23-20(25)12-11-19(24)15-3-5-16(6-4-15)21-18(13-29-22(21)26)14-7-9-17(10-8-14)30(2,27)28;1-23-20(25)11-10-19(24)15-4-3-5-16(12-15)21-18(13-29-22(21)26)14-6-8-17(9-7-14)30(2,27)28;1-23-20(25)12-11-19(24)16-5-3-4-6-17(16)21-18(13-29-22(21)26)14-7-9-15(10-8-14)30(2,27)28;1-2/h3-10H,11-13H2,1-2H3,(H,23,25);3-9,12H,10-11,13H2,1-2H3,(H,23,25);3-10H,11-13H2,1-2H3,(H,23,25);1-2H3. The topological polar surface area (TPSA) is 320 Å². The van der Waals surface area contributed by atoms with Crippen LogP contribution < -0.4 is 16.0 Å². The van der Waals surface area contributed by atoms with Crippen LogP contribution >= 0.6 is 0 Å². The molecule has 6 aromatic carbocycles. The van der Waals surface area contributed by atoms with E-state index in [4.69, 9.17) is 14.2 Å². The Labute approximate surface area is 534 Å². The number of carbonyl (C=O) groups excluding carboxylic acids is 9. The lowest BCUT2D eigenvalue weighted by Gasteiger charge is -2.10. The van der Waals surface area contributed by atoms with Gasteiger partial charge in [0.05, 0.1) is 31.4 Å². The first kappa shape index (κ1) is 71.3. The summed E-state index contributed by atoms with van der Waals surface area (Å²) in [6.45, 7) is 4.16. The largest absolute Gasteiger partial charge is 0.457 e. The lowest BCUT2D eigenvalue weighted by molar-refractivity contribution is -0.134. The van der Waals surface area contributed by atoms with Crippen LogP contribution in [0.1, 0.15) is 117 Å². The van der Waals surface area contributed by atoms with Gasteiger partial charge in [-0.3, -0.25) is 28.8 Å². The summed E-state index contributed by atoms with van der Waals surface area (Å²) in [7, 11) is -5.46. The Morgan fingerprint density at radius 1 is 0.370 bits per heavy atom. The molecule has 0 radical (unpaired) electrons. The van der Waals surface area contributed by atoms with Crippen molar-refractivity contribution in [3.63, 3.8) is 0 Å². The molecule has 21 nitrogen and oxygen atoms in total. The van der Waals surface area contributed by atoms with Crippen LogP contribution in [0.2, 0.25) is 0 Å². The summed E-state index contributed by atoms with van der Waals surface area (Å²) >= 11 is 0. The van der Waals surface area contributed by atoms with E-state index >= 15 is 0 Å². The zero-order valence-corrected chi connectivity index (χ0v) is 54.2. The average Bonchev–Trinajstić information content (AvgIpc) is 1.61. The molecule has 3 aliphatic rings. The monoisotopic (exact) mass is 1310 g/mol. The fraction of sp³-hybridized carbons (Fsp3) is 0.250. The molecular formula is C68H69N3O18S3. The number of amides is 3. The molecule has 0 fully saturated rings. The van der Waals surface area contributed by atoms with E-state index in [-0.39, 0.29) is 114 Å².